The molecule has 5 nitrogen and oxygen atoms in total. The molecular formula is C19H14N2O3S. The van der Waals surface area contributed by atoms with E-state index < -0.39 is 5.97 Å². The molecule has 2 aromatic heterocycles. The minimum atomic E-state index is -1.02. The summed E-state index contributed by atoms with van der Waals surface area (Å²) in [6.07, 6.45) is 1.54. The summed E-state index contributed by atoms with van der Waals surface area (Å²) in [5, 5.41) is 11.0. The maximum Gasteiger partial charge on any atom is 0.356 e. The van der Waals surface area contributed by atoms with Crippen LogP contribution in [-0.2, 0) is 6.61 Å². The fraction of sp³-hybridized carbons (Fsp3) is 0.0526. The largest absolute Gasteiger partial charge is 0.489 e. The maximum absolute atomic E-state index is 11.1. The Morgan fingerprint density at radius 2 is 1.88 bits per heavy atom. The highest BCUT2D eigenvalue weighted by atomic mass is 32.1. The molecule has 4 rings (SSSR count). The molecule has 0 fully saturated rings. The number of benzene rings is 2. The number of ether oxygens (including phenoxy) is 1. The van der Waals surface area contributed by atoms with Gasteiger partial charge in [-0.25, -0.2) is 9.78 Å². The summed E-state index contributed by atoms with van der Waals surface area (Å²) in [5.41, 5.74) is 3.06. The molecular weight excluding hydrogens is 336 g/mol. The van der Waals surface area contributed by atoms with Gasteiger partial charge in [-0.1, -0.05) is 30.3 Å². The lowest BCUT2D eigenvalue weighted by Crippen LogP contribution is -1.95. The molecule has 0 unspecified atom stereocenters. The molecule has 124 valence electrons. The molecule has 1 N–H and O–H groups in total. The van der Waals surface area contributed by atoms with Crippen LogP contribution in [0.1, 0.15) is 16.1 Å². The average molecular weight is 350 g/mol. The lowest BCUT2D eigenvalue weighted by Gasteiger charge is -2.07. The Bertz CT molecular complexity index is 1020. The average Bonchev–Trinajstić information content (AvgIpc) is 3.22. The predicted octanol–water partition coefficient (Wildman–Crippen LogP) is 4.34. The molecule has 0 saturated carbocycles. The Morgan fingerprint density at radius 1 is 1.12 bits per heavy atom. The number of aromatic carboxylic acids is 1. The van der Waals surface area contributed by atoms with Gasteiger partial charge >= 0.3 is 5.97 Å². The lowest BCUT2D eigenvalue weighted by molar-refractivity contribution is 0.0691. The summed E-state index contributed by atoms with van der Waals surface area (Å²) in [6, 6.07) is 17.7. The summed E-state index contributed by atoms with van der Waals surface area (Å²) in [6.45, 7) is 0.520. The topological polar surface area (TPSA) is 63.8 Å². The van der Waals surface area contributed by atoms with Crippen molar-refractivity contribution in [1.82, 2.24) is 9.38 Å². The quantitative estimate of drug-likeness (QED) is 0.581. The highest BCUT2D eigenvalue weighted by Crippen LogP contribution is 2.28. The van der Waals surface area contributed by atoms with Crippen LogP contribution in [0.3, 0.4) is 0 Å². The van der Waals surface area contributed by atoms with E-state index in [1.807, 2.05) is 60.0 Å². The molecule has 0 atom stereocenters. The SMILES string of the molecule is O=C(O)c1cn2c(-c3ccc(OCc4ccccc4)cc3)csc2n1. The first-order chi connectivity index (χ1) is 12.2. The molecule has 0 bridgehead atoms. The van der Waals surface area contributed by atoms with E-state index in [2.05, 4.69) is 4.98 Å². The number of carboxylic acids is 1. The predicted molar refractivity (Wildman–Crippen MR) is 96.2 cm³/mol. The van der Waals surface area contributed by atoms with Gasteiger partial charge in [0.25, 0.3) is 0 Å². The van der Waals surface area contributed by atoms with E-state index in [4.69, 9.17) is 9.84 Å². The number of nitrogens with zero attached hydrogens (tertiary/aromatic N) is 2. The van der Waals surface area contributed by atoms with Crippen LogP contribution >= 0.6 is 11.3 Å². The Hall–Kier alpha value is -3.12. The highest BCUT2D eigenvalue weighted by molar-refractivity contribution is 7.15. The van der Waals surface area contributed by atoms with Crippen molar-refractivity contribution in [2.75, 3.05) is 0 Å². The number of hydrogen-bond donors (Lipinski definition) is 1. The highest BCUT2D eigenvalue weighted by Gasteiger charge is 2.13. The normalized spacial score (nSPS) is 10.9. The third-order valence-corrected chi connectivity index (χ3v) is 4.67. The van der Waals surface area contributed by atoms with Crippen LogP contribution in [0.2, 0.25) is 0 Å². The van der Waals surface area contributed by atoms with Crippen molar-refractivity contribution in [1.29, 1.82) is 0 Å². The van der Waals surface area contributed by atoms with E-state index in [0.717, 1.165) is 22.6 Å². The number of rotatable bonds is 5. The molecule has 2 aromatic carbocycles. The van der Waals surface area contributed by atoms with Crippen LogP contribution in [0, 0.1) is 0 Å². The van der Waals surface area contributed by atoms with E-state index in [-0.39, 0.29) is 5.69 Å². The first-order valence-electron chi connectivity index (χ1n) is 7.68. The minimum Gasteiger partial charge on any atom is -0.489 e. The van der Waals surface area contributed by atoms with Gasteiger partial charge in [0, 0.05) is 11.6 Å². The first-order valence-corrected chi connectivity index (χ1v) is 8.56. The van der Waals surface area contributed by atoms with Gasteiger partial charge in [0.1, 0.15) is 12.4 Å². The summed E-state index contributed by atoms with van der Waals surface area (Å²) >= 11 is 1.42. The van der Waals surface area contributed by atoms with Gasteiger partial charge in [0.15, 0.2) is 10.7 Å². The second kappa shape index (κ2) is 6.41. The van der Waals surface area contributed by atoms with Crippen molar-refractivity contribution < 1.29 is 14.6 Å². The Kier molecular flexibility index (Phi) is 3.95. The van der Waals surface area contributed by atoms with Gasteiger partial charge in [-0.3, -0.25) is 4.40 Å². The third-order valence-electron chi connectivity index (χ3n) is 3.83. The maximum atomic E-state index is 11.1. The van der Waals surface area contributed by atoms with E-state index in [9.17, 15) is 4.79 Å². The monoisotopic (exact) mass is 350 g/mol. The molecule has 6 heteroatoms. The third kappa shape index (κ3) is 3.12. The van der Waals surface area contributed by atoms with Crippen molar-refractivity contribution in [3.8, 4) is 17.0 Å². The van der Waals surface area contributed by atoms with Gasteiger partial charge in [0.2, 0.25) is 0 Å². The van der Waals surface area contributed by atoms with E-state index >= 15 is 0 Å². The van der Waals surface area contributed by atoms with Crippen molar-refractivity contribution in [2.45, 2.75) is 6.61 Å². The fourth-order valence-electron chi connectivity index (χ4n) is 2.56. The minimum absolute atomic E-state index is 0.0518. The van der Waals surface area contributed by atoms with E-state index in [0.29, 0.717) is 11.6 Å². The van der Waals surface area contributed by atoms with Gasteiger partial charge in [-0.05, 0) is 35.4 Å². The van der Waals surface area contributed by atoms with E-state index in [1.165, 1.54) is 11.3 Å². The molecule has 0 aliphatic carbocycles. The van der Waals surface area contributed by atoms with Crippen LogP contribution in [0.25, 0.3) is 16.2 Å². The molecule has 0 aliphatic rings. The zero-order valence-corrected chi connectivity index (χ0v) is 13.9. The van der Waals surface area contributed by atoms with Crippen molar-refractivity contribution in [2.24, 2.45) is 0 Å². The van der Waals surface area contributed by atoms with Crippen molar-refractivity contribution in [3.63, 3.8) is 0 Å². The lowest BCUT2D eigenvalue weighted by atomic mass is 10.1. The number of hydrogen-bond acceptors (Lipinski definition) is 4. The number of carboxylic acid groups (broad SMARTS) is 1. The van der Waals surface area contributed by atoms with Crippen molar-refractivity contribution in [3.05, 3.63) is 77.4 Å². The summed E-state index contributed by atoms with van der Waals surface area (Å²) in [7, 11) is 0. The Labute approximate surface area is 147 Å². The second-order valence-electron chi connectivity index (χ2n) is 5.50. The summed E-state index contributed by atoms with van der Waals surface area (Å²) < 4.78 is 7.59. The fourth-order valence-corrected chi connectivity index (χ4v) is 3.44. The molecule has 0 amide bonds. The molecule has 0 saturated heterocycles. The van der Waals surface area contributed by atoms with Crippen LogP contribution in [-0.4, -0.2) is 20.5 Å². The van der Waals surface area contributed by atoms with Gasteiger partial charge < -0.3 is 9.84 Å². The number of aromatic nitrogens is 2. The summed E-state index contributed by atoms with van der Waals surface area (Å²) in [4.78, 5) is 15.8. The van der Waals surface area contributed by atoms with Crippen molar-refractivity contribution >= 4 is 22.3 Å². The van der Waals surface area contributed by atoms with Gasteiger partial charge in [-0.15, -0.1) is 11.3 Å². The van der Waals surface area contributed by atoms with Crippen LogP contribution in [0.4, 0.5) is 0 Å². The number of thiazole rings is 1. The number of carbonyl (C=O) groups is 1. The molecule has 4 aromatic rings. The molecule has 0 spiro atoms. The van der Waals surface area contributed by atoms with Crippen LogP contribution in [0.15, 0.2) is 66.2 Å². The first kappa shape index (κ1) is 15.4. The van der Waals surface area contributed by atoms with E-state index in [1.54, 1.807) is 10.6 Å². The Balaban J connectivity index is 1.55. The second-order valence-corrected chi connectivity index (χ2v) is 6.34. The van der Waals surface area contributed by atoms with Crippen LogP contribution < -0.4 is 4.74 Å². The zero-order valence-electron chi connectivity index (χ0n) is 13.1. The molecule has 0 aliphatic heterocycles. The number of fused-ring (bicyclic) bond motifs is 1. The summed E-state index contributed by atoms with van der Waals surface area (Å²) in [5.74, 6) is -0.234. The van der Waals surface area contributed by atoms with Crippen LogP contribution in [0.5, 0.6) is 5.75 Å². The van der Waals surface area contributed by atoms with Gasteiger partial charge in [0.05, 0.1) is 5.69 Å². The molecule has 25 heavy (non-hydrogen) atoms. The smallest absolute Gasteiger partial charge is 0.356 e. The number of imidazole rings is 1. The van der Waals surface area contributed by atoms with Gasteiger partial charge in [-0.2, -0.15) is 0 Å². The molecule has 0 radical (unpaired) electrons. The standard InChI is InChI=1S/C19H14N2O3S/c22-18(23)16-10-21-17(12-25-19(21)20-16)14-6-8-15(9-7-14)24-11-13-4-2-1-3-5-13/h1-10,12H,11H2,(H,22,23). The zero-order chi connectivity index (χ0) is 17.2. The molecule has 2 heterocycles. The Morgan fingerprint density at radius 3 is 2.60 bits per heavy atom.